The standard InChI is InChI=1S/C9H15ClO4/c1-9(2)13-6-5(4-10)12-8(11-3)7(6)14-9/h5-8H,4H2,1-3H3. The van der Waals surface area contributed by atoms with E-state index in [1.807, 2.05) is 13.8 Å². The molecule has 0 aromatic rings. The van der Waals surface area contributed by atoms with Gasteiger partial charge >= 0.3 is 0 Å². The number of fused-ring (bicyclic) bond motifs is 1. The molecular formula is C9H15ClO4. The van der Waals surface area contributed by atoms with Gasteiger partial charge in [-0.25, -0.2) is 0 Å². The molecule has 82 valence electrons. The molecule has 2 fully saturated rings. The molecule has 0 saturated carbocycles. The Hall–Kier alpha value is 0.130. The van der Waals surface area contributed by atoms with Gasteiger partial charge in [-0.15, -0.1) is 11.6 Å². The summed E-state index contributed by atoms with van der Waals surface area (Å²) >= 11 is 5.77. The Morgan fingerprint density at radius 1 is 1.29 bits per heavy atom. The molecule has 0 aliphatic carbocycles. The molecule has 5 heteroatoms. The topological polar surface area (TPSA) is 36.9 Å². The van der Waals surface area contributed by atoms with E-state index in [1.165, 1.54) is 0 Å². The predicted molar refractivity (Wildman–Crippen MR) is 50.2 cm³/mol. The normalized spacial score (nSPS) is 45.4. The summed E-state index contributed by atoms with van der Waals surface area (Å²) in [5, 5.41) is 0. The van der Waals surface area contributed by atoms with Crippen molar-refractivity contribution in [2.45, 2.75) is 44.2 Å². The van der Waals surface area contributed by atoms with Crippen molar-refractivity contribution in [2.75, 3.05) is 13.0 Å². The van der Waals surface area contributed by atoms with Crippen molar-refractivity contribution in [3.63, 3.8) is 0 Å². The first-order chi connectivity index (χ1) is 6.57. The van der Waals surface area contributed by atoms with Crippen LogP contribution in [0, 0.1) is 0 Å². The van der Waals surface area contributed by atoms with Gasteiger partial charge in [0.1, 0.15) is 18.3 Å². The molecule has 14 heavy (non-hydrogen) atoms. The van der Waals surface area contributed by atoms with Crippen molar-refractivity contribution in [3.05, 3.63) is 0 Å². The third-order valence-corrected chi connectivity index (χ3v) is 2.80. The second-order valence-electron chi connectivity index (χ2n) is 4.00. The lowest BCUT2D eigenvalue weighted by molar-refractivity contribution is -0.224. The third kappa shape index (κ3) is 1.66. The van der Waals surface area contributed by atoms with Gasteiger partial charge in [-0.1, -0.05) is 0 Å². The molecule has 2 heterocycles. The number of hydrogen-bond donors (Lipinski definition) is 0. The molecule has 0 aromatic heterocycles. The summed E-state index contributed by atoms with van der Waals surface area (Å²) in [7, 11) is 1.59. The number of hydrogen-bond acceptors (Lipinski definition) is 4. The molecule has 0 amide bonds. The molecule has 2 aliphatic rings. The second-order valence-corrected chi connectivity index (χ2v) is 4.31. The van der Waals surface area contributed by atoms with Gasteiger partial charge in [0.2, 0.25) is 0 Å². The molecule has 4 nitrogen and oxygen atoms in total. The Morgan fingerprint density at radius 3 is 2.50 bits per heavy atom. The highest BCUT2D eigenvalue weighted by Crippen LogP contribution is 2.39. The second kappa shape index (κ2) is 3.61. The minimum Gasteiger partial charge on any atom is -0.353 e. The Morgan fingerprint density at radius 2 is 1.93 bits per heavy atom. The minimum absolute atomic E-state index is 0.118. The lowest BCUT2D eigenvalue weighted by Gasteiger charge is -2.22. The third-order valence-electron chi connectivity index (χ3n) is 2.49. The van der Waals surface area contributed by atoms with E-state index in [2.05, 4.69) is 0 Å². The van der Waals surface area contributed by atoms with E-state index in [0.717, 1.165) is 0 Å². The summed E-state index contributed by atoms with van der Waals surface area (Å²) in [6, 6.07) is 0. The molecule has 2 saturated heterocycles. The quantitative estimate of drug-likeness (QED) is 0.656. The van der Waals surface area contributed by atoms with E-state index in [9.17, 15) is 0 Å². The van der Waals surface area contributed by atoms with Crippen molar-refractivity contribution in [1.29, 1.82) is 0 Å². The van der Waals surface area contributed by atoms with Crippen LogP contribution in [0.15, 0.2) is 0 Å². The van der Waals surface area contributed by atoms with Gasteiger partial charge in [0.05, 0.1) is 5.88 Å². The van der Waals surface area contributed by atoms with Crippen LogP contribution in [0.4, 0.5) is 0 Å². The van der Waals surface area contributed by atoms with Crippen LogP contribution in [-0.2, 0) is 18.9 Å². The van der Waals surface area contributed by atoms with E-state index in [1.54, 1.807) is 7.11 Å². The highest BCUT2D eigenvalue weighted by Gasteiger charge is 2.55. The highest BCUT2D eigenvalue weighted by atomic mass is 35.5. The monoisotopic (exact) mass is 222 g/mol. The Labute approximate surface area is 88.4 Å². The summed E-state index contributed by atoms with van der Waals surface area (Å²) in [6.07, 6.45) is -0.801. The minimum atomic E-state index is -0.569. The Kier molecular flexibility index (Phi) is 2.74. The molecule has 0 N–H and O–H groups in total. The zero-order chi connectivity index (χ0) is 10.3. The summed E-state index contributed by atoms with van der Waals surface area (Å²) < 4.78 is 22.1. The fourth-order valence-electron chi connectivity index (χ4n) is 1.96. The number of ether oxygens (including phenoxy) is 4. The average Bonchev–Trinajstić information content (AvgIpc) is 2.57. The maximum atomic E-state index is 5.77. The molecule has 2 aliphatic heterocycles. The summed E-state index contributed by atoms with van der Waals surface area (Å²) in [4.78, 5) is 0. The summed E-state index contributed by atoms with van der Waals surface area (Å²) in [5.41, 5.74) is 0. The van der Waals surface area contributed by atoms with Crippen LogP contribution in [0.2, 0.25) is 0 Å². The molecule has 0 spiro atoms. The summed E-state index contributed by atoms with van der Waals surface area (Å²) in [5.74, 6) is -0.180. The smallest absolute Gasteiger partial charge is 0.186 e. The van der Waals surface area contributed by atoms with Crippen LogP contribution in [0.1, 0.15) is 13.8 Å². The van der Waals surface area contributed by atoms with E-state index in [4.69, 9.17) is 30.5 Å². The van der Waals surface area contributed by atoms with E-state index in [-0.39, 0.29) is 24.6 Å². The van der Waals surface area contributed by atoms with Gasteiger partial charge in [0, 0.05) is 7.11 Å². The molecule has 0 aromatic carbocycles. The fraction of sp³-hybridized carbons (Fsp3) is 1.00. The predicted octanol–water partition coefficient (Wildman–Crippen LogP) is 1.12. The molecule has 0 bridgehead atoms. The van der Waals surface area contributed by atoms with Gasteiger partial charge in [0.25, 0.3) is 0 Å². The van der Waals surface area contributed by atoms with Crippen LogP contribution in [-0.4, -0.2) is 43.4 Å². The van der Waals surface area contributed by atoms with E-state index in [0.29, 0.717) is 5.88 Å². The van der Waals surface area contributed by atoms with Crippen molar-refractivity contribution >= 4 is 11.6 Å². The molecule has 0 radical (unpaired) electrons. The first-order valence-electron chi connectivity index (χ1n) is 4.67. The number of alkyl halides is 1. The Bertz CT molecular complexity index is 201. The average molecular weight is 223 g/mol. The number of methoxy groups -OCH3 is 1. The largest absolute Gasteiger partial charge is 0.353 e. The van der Waals surface area contributed by atoms with Gasteiger partial charge in [-0.3, -0.25) is 0 Å². The van der Waals surface area contributed by atoms with E-state index < -0.39 is 5.79 Å². The van der Waals surface area contributed by atoms with Crippen LogP contribution in [0.25, 0.3) is 0 Å². The van der Waals surface area contributed by atoms with Crippen LogP contribution < -0.4 is 0 Å². The fourth-order valence-corrected chi connectivity index (χ4v) is 2.20. The maximum absolute atomic E-state index is 5.77. The number of halogens is 1. The summed E-state index contributed by atoms with van der Waals surface area (Å²) in [6.45, 7) is 3.76. The van der Waals surface area contributed by atoms with Gasteiger partial charge < -0.3 is 18.9 Å². The van der Waals surface area contributed by atoms with Crippen molar-refractivity contribution in [3.8, 4) is 0 Å². The van der Waals surface area contributed by atoms with E-state index >= 15 is 0 Å². The lowest BCUT2D eigenvalue weighted by atomic mass is 10.2. The van der Waals surface area contributed by atoms with Gasteiger partial charge in [0.15, 0.2) is 12.1 Å². The first kappa shape index (κ1) is 10.6. The molecule has 4 atom stereocenters. The van der Waals surface area contributed by atoms with Crippen molar-refractivity contribution < 1.29 is 18.9 Å². The lowest BCUT2D eigenvalue weighted by Crippen LogP contribution is -2.30. The number of rotatable bonds is 2. The van der Waals surface area contributed by atoms with Gasteiger partial charge in [-0.05, 0) is 13.8 Å². The molecular weight excluding hydrogens is 208 g/mol. The molecule has 4 unspecified atom stereocenters. The SMILES string of the molecule is COC1OC(CCl)C2OC(C)(C)OC12. The maximum Gasteiger partial charge on any atom is 0.186 e. The van der Waals surface area contributed by atoms with Crippen molar-refractivity contribution in [2.24, 2.45) is 0 Å². The molecule has 2 rings (SSSR count). The zero-order valence-corrected chi connectivity index (χ0v) is 9.28. The van der Waals surface area contributed by atoms with Crippen LogP contribution in [0.3, 0.4) is 0 Å². The van der Waals surface area contributed by atoms with Crippen LogP contribution >= 0.6 is 11.6 Å². The van der Waals surface area contributed by atoms with Gasteiger partial charge in [-0.2, -0.15) is 0 Å². The van der Waals surface area contributed by atoms with Crippen molar-refractivity contribution in [1.82, 2.24) is 0 Å². The van der Waals surface area contributed by atoms with Crippen LogP contribution in [0.5, 0.6) is 0 Å². The highest BCUT2D eigenvalue weighted by molar-refractivity contribution is 6.18. The zero-order valence-electron chi connectivity index (χ0n) is 8.53. The Balaban J connectivity index is 2.12. The first-order valence-corrected chi connectivity index (χ1v) is 5.21.